The van der Waals surface area contributed by atoms with Gasteiger partial charge in [-0.3, -0.25) is 0 Å². The molecule has 0 aromatic carbocycles. The standard InChI is InChI=1S/C18H23F17O2Si/c1-5-9(3)36-38(37-10(4)6-2)8-7-11(19,20)12(21,22)13(23,24)14(25,26)15(27,28)16(29,30)17(31,32)18(33,34)35/h9-10,38H,5-8H2,1-4H3. The van der Waals surface area contributed by atoms with Crippen LogP contribution in [-0.4, -0.2) is 69.1 Å². The minimum atomic E-state index is -8.63. The van der Waals surface area contributed by atoms with Crippen LogP contribution in [0.25, 0.3) is 0 Å². The molecule has 2 atom stereocenters. The molecule has 0 aliphatic heterocycles. The summed E-state index contributed by atoms with van der Waals surface area (Å²) in [6.07, 6.45) is -11.5. The molecule has 230 valence electrons. The summed E-state index contributed by atoms with van der Waals surface area (Å²) >= 11 is 0. The van der Waals surface area contributed by atoms with E-state index in [0.29, 0.717) is 0 Å². The van der Waals surface area contributed by atoms with Gasteiger partial charge < -0.3 is 8.85 Å². The molecule has 0 fully saturated rings. The molecule has 2 nitrogen and oxygen atoms in total. The van der Waals surface area contributed by atoms with Crippen molar-refractivity contribution in [2.24, 2.45) is 0 Å². The van der Waals surface area contributed by atoms with Gasteiger partial charge in [0, 0.05) is 18.6 Å². The van der Waals surface area contributed by atoms with Crippen LogP contribution in [0.4, 0.5) is 74.6 Å². The van der Waals surface area contributed by atoms with Crippen molar-refractivity contribution in [3.63, 3.8) is 0 Å². The van der Waals surface area contributed by atoms with Gasteiger partial charge in [-0.15, -0.1) is 0 Å². The highest BCUT2D eigenvalue weighted by Gasteiger charge is 2.95. The normalized spacial score (nSPS) is 17.9. The fraction of sp³-hybridized carbons (Fsp3) is 1.00. The molecule has 0 heterocycles. The predicted molar refractivity (Wildman–Crippen MR) is 98.9 cm³/mol. The Morgan fingerprint density at radius 3 is 1.08 bits per heavy atom. The van der Waals surface area contributed by atoms with E-state index in [-0.39, 0.29) is 12.8 Å². The van der Waals surface area contributed by atoms with Crippen molar-refractivity contribution in [3.8, 4) is 0 Å². The second-order valence-electron chi connectivity index (χ2n) is 8.33. The molecule has 0 aliphatic rings. The van der Waals surface area contributed by atoms with Crippen LogP contribution < -0.4 is 0 Å². The van der Waals surface area contributed by atoms with Crippen molar-refractivity contribution in [2.45, 2.75) is 113 Å². The molecule has 0 saturated heterocycles. The molecule has 0 N–H and O–H groups in total. The maximum Gasteiger partial charge on any atom is 0.460 e. The van der Waals surface area contributed by atoms with Crippen molar-refractivity contribution in [3.05, 3.63) is 0 Å². The SMILES string of the molecule is CCC(C)O[SiH](CCC(F)(F)C(F)(F)C(F)(F)C(F)(F)C(F)(F)C(F)(F)C(F)(F)C(F)(F)F)OC(C)CC. The van der Waals surface area contributed by atoms with Crippen LogP contribution in [0.15, 0.2) is 0 Å². The smallest absolute Gasteiger partial charge is 0.394 e. The zero-order chi connectivity index (χ0) is 31.0. The molecular weight excluding hydrogens is 599 g/mol. The van der Waals surface area contributed by atoms with Crippen LogP contribution in [0.2, 0.25) is 6.04 Å². The summed E-state index contributed by atoms with van der Waals surface area (Å²) in [5.41, 5.74) is 0. The number of hydrogen-bond acceptors (Lipinski definition) is 2. The lowest BCUT2D eigenvalue weighted by atomic mass is 9.88. The van der Waals surface area contributed by atoms with Gasteiger partial charge in [-0.2, -0.15) is 74.6 Å². The van der Waals surface area contributed by atoms with Crippen molar-refractivity contribution in [1.82, 2.24) is 0 Å². The van der Waals surface area contributed by atoms with E-state index in [4.69, 9.17) is 8.85 Å². The molecule has 0 saturated carbocycles. The van der Waals surface area contributed by atoms with E-state index in [1.165, 1.54) is 27.7 Å². The molecule has 2 unspecified atom stereocenters. The van der Waals surface area contributed by atoms with Crippen molar-refractivity contribution < 1.29 is 83.5 Å². The van der Waals surface area contributed by atoms with Gasteiger partial charge in [0.1, 0.15) is 0 Å². The first-order valence-corrected chi connectivity index (χ1v) is 12.3. The van der Waals surface area contributed by atoms with E-state index in [1.807, 2.05) is 0 Å². The second-order valence-corrected chi connectivity index (χ2v) is 10.3. The van der Waals surface area contributed by atoms with E-state index in [1.54, 1.807) is 0 Å². The van der Waals surface area contributed by atoms with Gasteiger partial charge in [0.25, 0.3) is 0 Å². The zero-order valence-electron chi connectivity index (χ0n) is 19.8. The first-order valence-electron chi connectivity index (χ1n) is 10.6. The van der Waals surface area contributed by atoms with Gasteiger partial charge in [-0.25, -0.2) is 0 Å². The topological polar surface area (TPSA) is 18.5 Å². The lowest BCUT2D eigenvalue weighted by Crippen LogP contribution is -2.74. The number of alkyl halides is 17. The molecule has 20 heteroatoms. The average Bonchev–Trinajstić information content (AvgIpc) is 2.75. The zero-order valence-corrected chi connectivity index (χ0v) is 21.0. The van der Waals surface area contributed by atoms with E-state index in [0.717, 1.165) is 0 Å². The number of rotatable bonds is 15. The third kappa shape index (κ3) is 6.30. The molecule has 0 aliphatic carbocycles. The summed E-state index contributed by atoms with van der Waals surface area (Å²) < 4.78 is 237. The number of hydrogen-bond donors (Lipinski definition) is 0. The minimum Gasteiger partial charge on any atom is -0.394 e. The van der Waals surface area contributed by atoms with Crippen LogP contribution in [0.1, 0.15) is 47.0 Å². The van der Waals surface area contributed by atoms with Crippen molar-refractivity contribution in [2.75, 3.05) is 0 Å². The summed E-state index contributed by atoms with van der Waals surface area (Å²) in [5, 5.41) is 0. The van der Waals surface area contributed by atoms with Gasteiger partial charge in [0.05, 0.1) is 0 Å². The average molecular weight is 622 g/mol. The molecule has 0 aromatic heterocycles. The summed E-state index contributed by atoms with van der Waals surface area (Å²) in [4.78, 5) is 0. The van der Waals surface area contributed by atoms with Gasteiger partial charge in [0.2, 0.25) is 0 Å². The lowest BCUT2D eigenvalue weighted by molar-refractivity contribution is -0.461. The Bertz CT molecular complexity index is 757. The van der Waals surface area contributed by atoms with Crippen molar-refractivity contribution >= 4 is 9.28 Å². The molecule has 0 rings (SSSR count). The van der Waals surface area contributed by atoms with Crippen LogP contribution in [0, 0.1) is 0 Å². The van der Waals surface area contributed by atoms with Gasteiger partial charge in [-0.1, -0.05) is 13.8 Å². The molecule has 38 heavy (non-hydrogen) atoms. The summed E-state index contributed by atoms with van der Waals surface area (Å²) in [6.45, 7) is 5.70. The fourth-order valence-electron chi connectivity index (χ4n) is 2.53. The molecule has 0 radical (unpaired) electrons. The molecule has 0 aromatic rings. The van der Waals surface area contributed by atoms with E-state index < -0.39 is 81.6 Å². The Kier molecular flexibility index (Phi) is 11.1. The van der Waals surface area contributed by atoms with E-state index in [2.05, 4.69) is 0 Å². The quantitative estimate of drug-likeness (QED) is 0.135. The third-order valence-electron chi connectivity index (χ3n) is 5.40. The van der Waals surface area contributed by atoms with Gasteiger partial charge in [0.15, 0.2) is 0 Å². The molecule has 0 amide bonds. The minimum absolute atomic E-state index is 0.191. The monoisotopic (exact) mass is 622 g/mol. The highest BCUT2D eigenvalue weighted by molar-refractivity contribution is 6.44. The summed E-state index contributed by atoms with van der Waals surface area (Å²) in [5.74, 6) is -56.3. The predicted octanol–water partition coefficient (Wildman–Crippen LogP) is 8.24. The molecule has 0 spiro atoms. The van der Waals surface area contributed by atoms with Gasteiger partial charge in [-0.05, 0) is 32.7 Å². The third-order valence-corrected chi connectivity index (χ3v) is 7.70. The van der Waals surface area contributed by atoms with Crippen LogP contribution in [-0.2, 0) is 8.85 Å². The Morgan fingerprint density at radius 1 is 0.500 bits per heavy atom. The Hall–Kier alpha value is -1.05. The molecule has 0 bridgehead atoms. The van der Waals surface area contributed by atoms with E-state index in [9.17, 15) is 74.6 Å². The van der Waals surface area contributed by atoms with Gasteiger partial charge >= 0.3 is 56.9 Å². The Labute approximate surface area is 206 Å². The van der Waals surface area contributed by atoms with Crippen LogP contribution in [0.5, 0.6) is 0 Å². The van der Waals surface area contributed by atoms with Crippen LogP contribution in [0.3, 0.4) is 0 Å². The van der Waals surface area contributed by atoms with Crippen LogP contribution >= 0.6 is 0 Å². The summed E-state index contributed by atoms with van der Waals surface area (Å²) in [6, 6.07) is -1.35. The largest absolute Gasteiger partial charge is 0.460 e. The van der Waals surface area contributed by atoms with Crippen molar-refractivity contribution in [1.29, 1.82) is 0 Å². The highest BCUT2D eigenvalue weighted by Crippen LogP contribution is 2.64. The number of halogens is 17. The maximum absolute atomic E-state index is 14.1. The Balaban J connectivity index is 6.39. The fourth-order valence-corrected chi connectivity index (χ4v) is 4.89. The molecular formula is C18H23F17O2Si. The first-order chi connectivity index (χ1) is 16.5. The first kappa shape index (κ1) is 36.9. The summed E-state index contributed by atoms with van der Waals surface area (Å²) in [7, 11) is -3.49. The van der Waals surface area contributed by atoms with E-state index >= 15 is 0 Å². The highest BCUT2D eigenvalue weighted by atomic mass is 28.3. The second kappa shape index (κ2) is 11.4. The lowest BCUT2D eigenvalue weighted by Gasteiger charge is -2.43. The maximum atomic E-state index is 14.1. The Morgan fingerprint density at radius 2 is 0.789 bits per heavy atom.